The molecule has 2 aromatic heterocycles. The third-order valence-electron chi connectivity index (χ3n) is 4.34. The summed E-state index contributed by atoms with van der Waals surface area (Å²) in [4.78, 5) is 16.8. The number of hydrogen-bond acceptors (Lipinski definition) is 4. The van der Waals surface area contributed by atoms with Crippen LogP contribution in [0.15, 0.2) is 77.9 Å². The van der Waals surface area contributed by atoms with Gasteiger partial charge in [-0.3, -0.25) is 9.78 Å². The number of phenolic OH excluding ortho intramolecular Hbond substituents is 2. The zero-order valence-electron chi connectivity index (χ0n) is 13.8. The molecule has 0 saturated heterocycles. The molecule has 2 aromatic carbocycles. The number of benzene rings is 2. The van der Waals surface area contributed by atoms with E-state index in [2.05, 4.69) is 4.98 Å². The third-order valence-corrected chi connectivity index (χ3v) is 4.34. The second-order valence-electron chi connectivity index (χ2n) is 6.07. The quantitative estimate of drug-likeness (QED) is 0.558. The number of rotatable bonds is 3. The number of fused-ring (bicyclic) bond motifs is 1. The Hall–Kier alpha value is -3.60. The molecule has 0 saturated carbocycles. The molecule has 0 amide bonds. The number of aromatic hydroxyl groups is 2. The third kappa shape index (κ3) is 2.80. The number of phenols is 2. The zero-order chi connectivity index (χ0) is 18.1. The highest BCUT2D eigenvalue weighted by molar-refractivity contribution is 5.85. The van der Waals surface area contributed by atoms with E-state index in [1.807, 2.05) is 47.0 Å². The van der Waals surface area contributed by atoms with Crippen LogP contribution in [-0.2, 0) is 6.54 Å². The van der Waals surface area contributed by atoms with Crippen molar-refractivity contribution in [3.63, 3.8) is 0 Å². The molecule has 0 aliphatic heterocycles. The second-order valence-corrected chi connectivity index (χ2v) is 6.07. The van der Waals surface area contributed by atoms with Gasteiger partial charge >= 0.3 is 0 Å². The summed E-state index contributed by atoms with van der Waals surface area (Å²) in [5.41, 5.74) is 2.93. The maximum atomic E-state index is 12.6. The van der Waals surface area contributed by atoms with Gasteiger partial charge in [0.2, 0.25) is 0 Å². The maximum absolute atomic E-state index is 12.6. The van der Waals surface area contributed by atoms with Crippen LogP contribution in [0.4, 0.5) is 0 Å². The van der Waals surface area contributed by atoms with Crippen LogP contribution < -0.4 is 5.43 Å². The largest absolute Gasteiger partial charge is 0.504 e. The Labute approximate surface area is 149 Å². The SMILES string of the molecule is O=c1cc(-c2ccccc2)n(Cc2cccnc2)c2cc(O)c(O)cc12. The molecule has 0 bridgehead atoms. The summed E-state index contributed by atoms with van der Waals surface area (Å²) in [5, 5.41) is 20.1. The molecule has 128 valence electrons. The summed E-state index contributed by atoms with van der Waals surface area (Å²) in [7, 11) is 0. The molecule has 0 radical (unpaired) electrons. The Morgan fingerprint density at radius 3 is 2.42 bits per heavy atom. The predicted molar refractivity (Wildman–Crippen MR) is 100 cm³/mol. The van der Waals surface area contributed by atoms with Crippen LogP contribution in [0.5, 0.6) is 11.5 Å². The van der Waals surface area contributed by atoms with Gasteiger partial charge in [-0.1, -0.05) is 36.4 Å². The molecule has 4 rings (SSSR count). The Morgan fingerprint density at radius 2 is 1.69 bits per heavy atom. The molecule has 0 aliphatic rings. The van der Waals surface area contributed by atoms with E-state index in [0.29, 0.717) is 17.4 Å². The average Bonchev–Trinajstić information content (AvgIpc) is 2.67. The summed E-state index contributed by atoms with van der Waals surface area (Å²) in [5.74, 6) is -0.572. The molecule has 0 fully saturated rings. The minimum atomic E-state index is -0.310. The van der Waals surface area contributed by atoms with E-state index in [9.17, 15) is 15.0 Å². The first-order valence-corrected chi connectivity index (χ1v) is 8.17. The number of aromatic nitrogens is 2. The van der Waals surface area contributed by atoms with Crippen LogP contribution >= 0.6 is 0 Å². The molecule has 0 spiro atoms. The average molecular weight is 344 g/mol. The van der Waals surface area contributed by atoms with Crippen molar-refractivity contribution in [2.24, 2.45) is 0 Å². The molecule has 0 unspecified atom stereocenters. The molecule has 0 aliphatic carbocycles. The molecule has 0 atom stereocenters. The van der Waals surface area contributed by atoms with E-state index in [-0.39, 0.29) is 16.9 Å². The molecule has 26 heavy (non-hydrogen) atoms. The van der Waals surface area contributed by atoms with Crippen molar-refractivity contribution in [1.29, 1.82) is 0 Å². The van der Waals surface area contributed by atoms with Crippen LogP contribution in [0.2, 0.25) is 0 Å². The van der Waals surface area contributed by atoms with Crippen LogP contribution in [-0.4, -0.2) is 19.8 Å². The summed E-state index contributed by atoms with van der Waals surface area (Å²) >= 11 is 0. The van der Waals surface area contributed by atoms with Gasteiger partial charge in [0.25, 0.3) is 0 Å². The first-order valence-electron chi connectivity index (χ1n) is 8.17. The van der Waals surface area contributed by atoms with Gasteiger partial charge in [0.05, 0.1) is 11.2 Å². The van der Waals surface area contributed by atoms with Crippen molar-refractivity contribution in [2.75, 3.05) is 0 Å². The Morgan fingerprint density at radius 1 is 0.923 bits per heavy atom. The van der Waals surface area contributed by atoms with Gasteiger partial charge in [-0.05, 0) is 23.3 Å². The van der Waals surface area contributed by atoms with Gasteiger partial charge in [0.15, 0.2) is 16.9 Å². The van der Waals surface area contributed by atoms with E-state index in [1.54, 1.807) is 18.5 Å². The van der Waals surface area contributed by atoms with Crippen molar-refractivity contribution < 1.29 is 10.2 Å². The summed E-state index contributed by atoms with van der Waals surface area (Å²) in [6.45, 7) is 0.471. The lowest BCUT2D eigenvalue weighted by molar-refractivity contribution is 0.404. The topological polar surface area (TPSA) is 75.4 Å². The Bertz CT molecular complexity index is 1140. The first-order chi connectivity index (χ1) is 12.6. The Balaban J connectivity index is 2.05. The lowest BCUT2D eigenvalue weighted by Crippen LogP contribution is -2.13. The normalized spacial score (nSPS) is 10.9. The smallest absolute Gasteiger partial charge is 0.190 e. The van der Waals surface area contributed by atoms with Crippen molar-refractivity contribution >= 4 is 10.9 Å². The van der Waals surface area contributed by atoms with Crippen molar-refractivity contribution in [3.05, 3.63) is 88.8 Å². The van der Waals surface area contributed by atoms with Gasteiger partial charge in [-0.15, -0.1) is 0 Å². The highest BCUT2D eigenvalue weighted by Crippen LogP contribution is 2.31. The van der Waals surface area contributed by atoms with Gasteiger partial charge < -0.3 is 14.8 Å². The fourth-order valence-electron chi connectivity index (χ4n) is 3.09. The maximum Gasteiger partial charge on any atom is 0.190 e. The van der Waals surface area contributed by atoms with Gasteiger partial charge in [-0.2, -0.15) is 0 Å². The summed E-state index contributed by atoms with van der Waals surface area (Å²) < 4.78 is 1.95. The molecule has 5 nitrogen and oxygen atoms in total. The van der Waals surface area contributed by atoms with Crippen molar-refractivity contribution in [1.82, 2.24) is 9.55 Å². The standard InChI is InChI=1S/C21H16N2O3/c24-19-10-17(15-6-2-1-3-7-15)23(13-14-5-4-8-22-12-14)18-11-21(26)20(25)9-16(18)19/h1-12,25-26H,13H2. The van der Waals surface area contributed by atoms with Gasteiger partial charge in [0.1, 0.15) is 0 Å². The summed E-state index contributed by atoms with van der Waals surface area (Å²) in [6, 6.07) is 17.7. The minimum absolute atomic E-state index is 0.211. The van der Waals surface area contributed by atoms with Crippen LogP contribution in [0.1, 0.15) is 5.56 Å². The van der Waals surface area contributed by atoms with E-state index in [0.717, 1.165) is 16.8 Å². The lowest BCUT2D eigenvalue weighted by atomic mass is 10.1. The van der Waals surface area contributed by atoms with Gasteiger partial charge in [-0.25, -0.2) is 0 Å². The highest BCUT2D eigenvalue weighted by atomic mass is 16.3. The molecule has 4 aromatic rings. The zero-order valence-corrected chi connectivity index (χ0v) is 13.8. The van der Waals surface area contributed by atoms with E-state index >= 15 is 0 Å². The highest BCUT2D eigenvalue weighted by Gasteiger charge is 2.14. The van der Waals surface area contributed by atoms with Crippen molar-refractivity contribution in [2.45, 2.75) is 6.54 Å². The first kappa shape index (κ1) is 15.9. The molecule has 2 N–H and O–H groups in total. The van der Waals surface area contributed by atoms with E-state index in [1.165, 1.54) is 12.1 Å². The van der Waals surface area contributed by atoms with Gasteiger partial charge in [0, 0.05) is 36.5 Å². The molecule has 2 heterocycles. The lowest BCUT2D eigenvalue weighted by Gasteiger charge is -2.18. The number of hydrogen-bond donors (Lipinski definition) is 2. The molecule has 5 heteroatoms. The minimum Gasteiger partial charge on any atom is -0.504 e. The summed E-state index contributed by atoms with van der Waals surface area (Å²) in [6.07, 6.45) is 3.47. The van der Waals surface area contributed by atoms with E-state index in [4.69, 9.17) is 0 Å². The Kier molecular flexibility index (Phi) is 3.89. The van der Waals surface area contributed by atoms with Crippen LogP contribution in [0.25, 0.3) is 22.2 Å². The fraction of sp³-hybridized carbons (Fsp3) is 0.0476. The monoisotopic (exact) mass is 344 g/mol. The van der Waals surface area contributed by atoms with Crippen LogP contribution in [0.3, 0.4) is 0 Å². The molecular formula is C21H16N2O3. The predicted octanol–water partition coefficient (Wildman–Crippen LogP) is 3.52. The molecular weight excluding hydrogens is 328 g/mol. The van der Waals surface area contributed by atoms with E-state index < -0.39 is 0 Å². The fourth-order valence-corrected chi connectivity index (χ4v) is 3.09. The second kappa shape index (κ2) is 6.37. The number of nitrogens with zero attached hydrogens (tertiary/aromatic N) is 2. The number of pyridine rings is 2. The van der Waals surface area contributed by atoms with Crippen LogP contribution in [0, 0.1) is 0 Å². The van der Waals surface area contributed by atoms with Crippen molar-refractivity contribution in [3.8, 4) is 22.8 Å².